The molecule has 148 valence electrons. The molecule has 2 atom stereocenters. The number of benzene rings is 2. The summed E-state index contributed by atoms with van der Waals surface area (Å²) in [5.74, 6) is -0.400. The largest absolute Gasteiger partial charge is 0.386 e. The van der Waals surface area contributed by atoms with Gasteiger partial charge in [0.25, 0.3) is 0 Å². The monoisotopic (exact) mass is 380 g/mol. The highest BCUT2D eigenvalue weighted by molar-refractivity contribution is 5.89. The van der Waals surface area contributed by atoms with E-state index < -0.39 is 5.60 Å². The topological polar surface area (TPSA) is 69.6 Å². The van der Waals surface area contributed by atoms with E-state index in [4.69, 9.17) is 0 Å². The summed E-state index contributed by atoms with van der Waals surface area (Å²) in [5, 5.41) is 13.0. The highest BCUT2D eigenvalue weighted by Crippen LogP contribution is 2.28. The summed E-state index contributed by atoms with van der Waals surface area (Å²) >= 11 is 0. The van der Waals surface area contributed by atoms with Crippen LogP contribution < -0.4 is 5.32 Å². The summed E-state index contributed by atoms with van der Waals surface area (Å²) in [4.78, 5) is 26.8. The minimum Gasteiger partial charge on any atom is -0.386 e. The van der Waals surface area contributed by atoms with Crippen molar-refractivity contribution in [3.8, 4) is 0 Å². The Morgan fingerprint density at radius 1 is 1.18 bits per heavy atom. The fourth-order valence-corrected chi connectivity index (χ4v) is 3.56. The second-order valence-corrected chi connectivity index (χ2v) is 8.01. The van der Waals surface area contributed by atoms with E-state index in [0.717, 1.165) is 16.7 Å². The Kier molecular flexibility index (Phi) is 5.84. The maximum absolute atomic E-state index is 12.6. The summed E-state index contributed by atoms with van der Waals surface area (Å²) in [6.07, 6.45) is 0.251. The summed E-state index contributed by atoms with van der Waals surface area (Å²) in [7, 11) is 0. The van der Waals surface area contributed by atoms with Gasteiger partial charge in [0.1, 0.15) is 0 Å². The van der Waals surface area contributed by atoms with Gasteiger partial charge in [0.05, 0.1) is 17.6 Å². The van der Waals surface area contributed by atoms with Crippen LogP contribution in [0.3, 0.4) is 0 Å². The first-order valence-electron chi connectivity index (χ1n) is 9.69. The third kappa shape index (κ3) is 4.60. The molecule has 2 unspecified atom stereocenters. The van der Waals surface area contributed by atoms with Crippen LogP contribution in [0.4, 0.5) is 0 Å². The summed E-state index contributed by atoms with van der Waals surface area (Å²) in [6, 6.07) is 17.4. The van der Waals surface area contributed by atoms with E-state index in [-0.39, 0.29) is 30.2 Å². The zero-order valence-corrected chi connectivity index (χ0v) is 16.7. The highest BCUT2D eigenvalue weighted by Gasteiger charge is 2.36. The van der Waals surface area contributed by atoms with Crippen molar-refractivity contribution in [2.45, 2.75) is 45.4 Å². The van der Waals surface area contributed by atoms with Gasteiger partial charge in [0.15, 0.2) is 0 Å². The number of hydrogen-bond acceptors (Lipinski definition) is 3. The molecule has 2 aromatic carbocycles. The van der Waals surface area contributed by atoms with Gasteiger partial charge < -0.3 is 15.3 Å². The van der Waals surface area contributed by atoms with Gasteiger partial charge in [-0.3, -0.25) is 9.59 Å². The Balaban J connectivity index is 1.56. The molecule has 0 spiro atoms. The maximum Gasteiger partial charge on any atom is 0.225 e. The first kappa shape index (κ1) is 20.1. The average molecular weight is 380 g/mol. The van der Waals surface area contributed by atoms with E-state index in [1.165, 1.54) is 0 Å². The number of carbonyl (C=O) groups is 2. The second-order valence-electron chi connectivity index (χ2n) is 8.01. The number of hydrogen-bond donors (Lipinski definition) is 2. The van der Waals surface area contributed by atoms with Gasteiger partial charge in [-0.2, -0.15) is 0 Å². The van der Waals surface area contributed by atoms with Crippen molar-refractivity contribution in [3.05, 3.63) is 71.3 Å². The molecule has 1 heterocycles. The fraction of sp³-hybridized carbons (Fsp3) is 0.391. The molecule has 2 amide bonds. The molecule has 1 aliphatic heterocycles. The molecule has 2 aromatic rings. The number of carbonyl (C=O) groups excluding carboxylic acids is 2. The number of amides is 2. The van der Waals surface area contributed by atoms with Crippen LogP contribution in [0.15, 0.2) is 54.6 Å². The van der Waals surface area contributed by atoms with Gasteiger partial charge >= 0.3 is 0 Å². The van der Waals surface area contributed by atoms with Crippen LogP contribution in [0.25, 0.3) is 0 Å². The molecular formula is C23H28N2O3. The first-order valence-corrected chi connectivity index (χ1v) is 9.69. The zero-order valence-electron chi connectivity index (χ0n) is 16.7. The van der Waals surface area contributed by atoms with Crippen molar-refractivity contribution in [2.24, 2.45) is 5.92 Å². The Labute approximate surface area is 166 Å². The average Bonchev–Trinajstić information content (AvgIpc) is 3.07. The van der Waals surface area contributed by atoms with E-state index in [1.54, 1.807) is 18.7 Å². The minimum absolute atomic E-state index is 0.0195. The summed E-state index contributed by atoms with van der Waals surface area (Å²) < 4.78 is 0. The van der Waals surface area contributed by atoms with Gasteiger partial charge in [-0.05, 0) is 37.5 Å². The molecule has 5 nitrogen and oxygen atoms in total. The molecule has 1 saturated heterocycles. The van der Waals surface area contributed by atoms with Crippen LogP contribution in [0, 0.1) is 5.92 Å². The van der Waals surface area contributed by atoms with Crippen molar-refractivity contribution in [1.82, 2.24) is 10.2 Å². The predicted molar refractivity (Wildman–Crippen MR) is 108 cm³/mol. The SMILES string of the molecule is CC(c1ccccc1)N1CC(C(=O)NCc2ccc(C(C)(C)O)cc2)CC1=O. The van der Waals surface area contributed by atoms with Crippen molar-refractivity contribution in [1.29, 1.82) is 0 Å². The quantitative estimate of drug-likeness (QED) is 0.809. The lowest BCUT2D eigenvalue weighted by atomic mass is 9.97. The van der Waals surface area contributed by atoms with Gasteiger partial charge in [0, 0.05) is 19.5 Å². The number of nitrogens with zero attached hydrogens (tertiary/aromatic N) is 1. The van der Waals surface area contributed by atoms with Gasteiger partial charge in [-0.25, -0.2) is 0 Å². The molecule has 0 aliphatic carbocycles. The first-order chi connectivity index (χ1) is 13.3. The standard InChI is InChI=1S/C23H28N2O3/c1-16(18-7-5-4-6-8-18)25-15-19(13-21(25)26)22(27)24-14-17-9-11-20(12-10-17)23(2,3)28/h4-12,16,19,28H,13-15H2,1-3H3,(H,24,27). The lowest BCUT2D eigenvalue weighted by Gasteiger charge is -2.25. The molecule has 0 bridgehead atoms. The van der Waals surface area contributed by atoms with Crippen molar-refractivity contribution < 1.29 is 14.7 Å². The van der Waals surface area contributed by atoms with E-state index in [0.29, 0.717) is 13.1 Å². The van der Waals surface area contributed by atoms with Crippen LogP contribution in [0.2, 0.25) is 0 Å². The van der Waals surface area contributed by atoms with Crippen molar-refractivity contribution >= 4 is 11.8 Å². The Morgan fingerprint density at radius 2 is 1.82 bits per heavy atom. The van der Waals surface area contributed by atoms with Crippen LogP contribution in [-0.4, -0.2) is 28.4 Å². The van der Waals surface area contributed by atoms with Crippen LogP contribution in [0.5, 0.6) is 0 Å². The smallest absolute Gasteiger partial charge is 0.225 e. The van der Waals surface area contributed by atoms with Crippen LogP contribution in [-0.2, 0) is 21.7 Å². The van der Waals surface area contributed by atoms with E-state index in [2.05, 4.69) is 5.32 Å². The number of nitrogens with one attached hydrogen (secondary N) is 1. The molecular weight excluding hydrogens is 352 g/mol. The van der Waals surface area contributed by atoms with Gasteiger partial charge in [0.2, 0.25) is 11.8 Å². The minimum atomic E-state index is -0.884. The third-order valence-electron chi connectivity index (χ3n) is 5.41. The highest BCUT2D eigenvalue weighted by atomic mass is 16.3. The van der Waals surface area contributed by atoms with E-state index in [9.17, 15) is 14.7 Å². The van der Waals surface area contributed by atoms with Gasteiger partial charge in [-0.15, -0.1) is 0 Å². The molecule has 1 fully saturated rings. The Morgan fingerprint density at radius 3 is 2.43 bits per heavy atom. The van der Waals surface area contributed by atoms with Gasteiger partial charge in [-0.1, -0.05) is 54.6 Å². The number of aliphatic hydroxyl groups is 1. The summed E-state index contributed by atoms with van der Waals surface area (Å²) in [6.45, 7) is 6.33. The van der Waals surface area contributed by atoms with Crippen LogP contribution >= 0.6 is 0 Å². The normalized spacial score (nSPS) is 18.2. The molecule has 5 heteroatoms. The molecule has 3 rings (SSSR count). The zero-order chi connectivity index (χ0) is 20.3. The predicted octanol–water partition coefficient (Wildman–Crippen LogP) is 3.14. The van der Waals surface area contributed by atoms with E-state index >= 15 is 0 Å². The fourth-order valence-electron chi connectivity index (χ4n) is 3.56. The third-order valence-corrected chi connectivity index (χ3v) is 5.41. The maximum atomic E-state index is 12.6. The summed E-state index contributed by atoms with van der Waals surface area (Å²) in [5.41, 5.74) is 1.98. The van der Waals surface area contributed by atoms with E-state index in [1.807, 2.05) is 61.5 Å². The molecule has 0 radical (unpaired) electrons. The molecule has 1 aliphatic rings. The Hall–Kier alpha value is -2.66. The number of likely N-dealkylation sites (tertiary alicyclic amines) is 1. The number of rotatable bonds is 6. The van der Waals surface area contributed by atoms with Crippen molar-refractivity contribution in [3.63, 3.8) is 0 Å². The molecule has 0 aromatic heterocycles. The lowest BCUT2D eigenvalue weighted by molar-refractivity contribution is -0.130. The molecule has 0 saturated carbocycles. The molecule has 2 N–H and O–H groups in total. The lowest BCUT2D eigenvalue weighted by Crippen LogP contribution is -2.33. The van der Waals surface area contributed by atoms with Crippen molar-refractivity contribution in [2.75, 3.05) is 6.54 Å². The van der Waals surface area contributed by atoms with Crippen LogP contribution in [0.1, 0.15) is 49.9 Å². The molecule has 28 heavy (non-hydrogen) atoms. The Bertz CT molecular complexity index is 825. The second kappa shape index (κ2) is 8.15.